The summed E-state index contributed by atoms with van der Waals surface area (Å²) in [5.41, 5.74) is 0. The molecule has 0 aromatic carbocycles. The first kappa shape index (κ1) is 15.7. The van der Waals surface area contributed by atoms with E-state index >= 15 is 0 Å². The number of hydrogen-bond donors (Lipinski definition) is 0. The fraction of sp³-hybridized carbons (Fsp3) is 0. The SMILES string of the molecule is O.[Mg+2].[O-][Cl+3]([O-])([O-])[O-]. The van der Waals surface area contributed by atoms with Gasteiger partial charge in [-0.05, 0) is 0 Å². The Morgan fingerprint density at radius 1 is 0.857 bits per heavy atom. The molecule has 0 saturated heterocycles. The van der Waals surface area contributed by atoms with E-state index in [9.17, 15) is 0 Å². The monoisotopic (exact) mass is 141 g/mol. The Morgan fingerprint density at radius 2 is 0.857 bits per heavy atom. The third-order valence-electron chi connectivity index (χ3n) is 0. The largest absolute Gasteiger partial charge is 2.00 e. The van der Waals surface area contributed by atoms with Crippen molar-refractivity contribution in [1.82, 2.24) is 0 Å². The molecule has 7 heteroatoms. The summed E-state index contributed by atoms with van der Waals surface area (Å²) in [6.45, 7) is 0. The van der Waals surface area contributed by atoms with Crippen molar-refractivity contribution in [3.05, 3.63) is 0 Å². The van der Waals surface area contributed by atoms with Gasteiger partial charge in [-0.1, -0.05) is 0 Å². The molecule has 0 atom stereocenters. The minimum atomic E-state index is -4.94. The molecule has 0 aliphatic rings. The van der Waals surface area contributed by atoms with Crippen LogP contribution in [0.2, 0.25) is 0 Å². The predicted molar refractivity (Wildman–Crippen MR) is 9.37 cm³/mol. The van der Waals surface area contributed by atoms with E-state index in [1.165, 1.54) is 0 Å². The van der Waals surface area contributed by atoms with Crippen LogP contribution in [0.5, 0.6) is 0 Å². The molecule has 0 spiro atoms. The van der Waals surface area contributed by atoms with Gasteiger partial charge in [-0.3, -0.25) is 0 Å². The van der Waals surface area contributed by atoms with Crippen LogP contribution in [0.25, 0.3) is 0 Å². The molecule has 0 aromatic rings. The summed E-state index contributed by atoms with van der Waals surface area (Å²) in [7, 11) is -4.94. The zero-order chi connectivity index (χ0) is 4.50. The van der Waals surface area contributed by atoms with Crippen molar-refractivity contribution in [1.29, 1.82) is 0 Å². The standard InChI is InChI=1S/ClHO4.Mg.H2O/c2-1(3,4)5;;/h(H,2,3,4,5);;1H2/q;+2;/p-1. The van der Waals surface area contributed by atoms with E-state index in [2.05, 4.69) is 0 Å². The van der Waals surface area contributed by atoms with E-state index in [-0.39, 0.29) is 28.5 Å². The molecule has 7 heavy (non-hydrogen) atoms. The first-order valence-corrected chi connectivity index (χ1v) is 1.85. The molecule has 0 bridgehead atoms. The maximum atomic E-state index is 8.49. The summed E-state index contributed by atoms with van der Waals surface area (Å²) in [6.07, 6.45) is 0. The fourth-order valence-corrected chi connectivity index (χ4v) is 0. The molecule has 0 radical (unpaired) electrons. The normalized spacial score (nSPS) is 8.57. The van der Waals surface area contributed by atoms with Crippen molar-refractivity contribution >= 4 is 23.1 Å². The van der Waals surface area contributed by atoms with Gasteiger partial charge < -0.3 is 5.48 Å². The zero-order valence-electron chi connectivity index (χ0n) is 3.22. The van der Waals surface area contributed by atoms with Crippen LogP contribution < -0.4 is 18.6 Å². The molecular formula is H2ClMgO5+. The van der Waals surface area contributed by atoms with E-state index in [0.29, 0.717) is 0 Å². The number of hydrogen-bond acceptors (Lipinski definition) is 4. The Morgan fingerprint density at radius 3 is 0.857 bits per heavy atom. The zero-order valence-corrected chi connectivity index (χ0v) is 5.39. The topological polar surface area (TPSA) is 124 Å². The smallest absolute Gasteiger partial charge is 0.412 e. The summed E-state index contributed by atoms with van der Waals surface area (Å²) >= 11 is 0. The van der Waals surface area contributed by atoms with Crippen LogP contribution in [-0.2, 0) is 0 Å². The third-order valence-corrected chi connectivity index (χ3v) is 0. The van der Waals surface area contributed by atoms with Crippen LogP contribution in [0.15, 0.2) is 0 Å². The second-order valence-electron chi connectivity index (χ2n) is 0.378. The molecule has 0 aliphatic heterocycles. The quantitative estimate of drug-likeness (QED) is 0.312. The maximum absolute atomic E-state index is 8.49. The van der Waals surface area contributed by atoms with Crippen molar-refractivity contribution in [3.63, 3.8) is 0 Å². The molecule has 0 rings (SSSR count). The van der Waals surface area contributed by atoms with Gasteiger partial charge in [0.2, 0.25) is 0 Å². The summed E-state index contributed by atoms with van der Waals surface area (Å²) in [6, 6.07) is 0. The van der Waals surface area contributed by atoms with Crippen LogP contribution in [0.4, 0.5) is 0 Å². The molecule has 0 heterocycles. The van der Waals surface area contributed by atoms with Crippen molar-refractivity contribution in [2.24, 2.45) is 0 Å². The van der Waals surface area contributed by atoms with Gasteiger partial charge in [0.1, 0.15) is 0 Å². The minimum Gasteiger partial charge on any atom is -0.412 e. The number of halogens is 1. The van der Waals surface area contributed by atoms with Gasteiger partial charge in [-0.2, -0.15) is 0 Å². The second kappa shape index (κ2) is 5.00. The molecule has 5 nitrogen and oxygen atoms in total. The molecule has 0 saturated carbocycles. The van der Waals surface area contributed by atoms with E-state index in [4.69, 9.17) is 18.6 Å². The van der Waals surface area contributed by atoms with Gasteiger partial charge in [0.25, 0.3) is 0 Å². The maximum Gasteiger partial charge on any atom is 2.00 e. The molecule has 0 fully saturated rings. The first-order chi connectivity index (χ1) is 2.00. The Bertz CT molecular complexity index is 23.6. The molecule has 0 aliphatic carbocycles. The van der Waals surface area contributed by atoms with Gasteiger partial charge in [0.15, 0.2) is 0 Å². The number of rotatable bonds is 0. The Balaban J connectivity index is -0.0000000800. The van der Waals surface area contributed by atoms with E-state index < -0.39 is 10.2 Å². The summed E-state index contributed by atoms with van der Waals surface area (Å²) in [5, 5.41) is 0. The van der Waals surface area contributed by atoms with E-state index in [0.717, 1.165) is 0 Å². The Hall–Kier alpha value is 0.856. The van der Waals surface area contributed by atoms with E-state index in [1.54, 1.807) is 0 Å². The van der Waals surface area contributed by atoms with E-state index in [1.807, 2.05) is 0 Å². The molecule has 0 amide bonds. The van der Waals surface area contributed by atoms with Crippen molar-refractivity contribution < 1.29 is 34.4 Å². The second-order valence-corrected chi connectivity index (χ2v) is 1.13. The summed E-state index contributed by atoms with van der Waals surface area (Å²) < 4.78 is 34.0. The summed E-state index contributed by atoms with van der Waals surface area (Å²) in [4.78, 5) is 0. The average molecular weight is 142 g/mol. The predicted octanol–water partition coefficient (Wildman–Crippen LogP) is -5.96. The van der Waals surface area contributed by atoms with Crippen LogP contribution in [0, 0.1) is 10.2 Å². The molecule has 2 N–H and O–H groups in total. The summed E-state index contributed by atoms with van der Waals surface area (Å²) in [5.74, 6) is 0. The van der Waals surface area contributed by atoms with Crippen molar-refractivity contribution in [2.75, 3.05) is 0 Å². The molecular weight excluding hydrogens is 140 g/mol. The van der Waals surface area contributed by atoms with Crippen LogP contribution in [0.1, 0.15) is 0 Å². The van der Waals surface area contributed by atoms with Gasteiger partial charge >= 0.3 is 23.1 Å². The van der Waals surface area contributed by atoms with Gasteiger partial charge in [0.05, 0.1) is 0 Å². The van der Waals surface area contributed by atoms with Crippen molar-refractivity contribution in [3.8, 4) is 0 Å². The minimum absolute atomic E-state index is 0. The Labute approximate surface area is 57.8 Å². The molecule has 40 valence electrons. The van der Waals surface area contributed by atoms with Gasteiger partial charge in [-0.25, -0.2) is 18.6 Å². The first-order valence-electron chi connectivity index (χ1n) is 0.617. The van der Waals surface area contributed by atoms with Crippen LogP contribution in [-0.4, -0.2) is 28.5 Å². The van der Waals surface area contributed by atoms with Crippen molar-refractivity contribution in [2.45, 2.75) is 0 Å². The fourth-order valence-electron chi connectivity index (χ4n) is 0. The van der Waals surface area contributed by atoms with Gasteiger partial charge in [0, 0.05) is 0 Å². The average Bonchev–Trinajstić information content (AvgIpc) is 0.722. The van der Waals surface area contributed by atoms with Crippen LogP contribution in [0.3, 0.4) is 0 Å². The molecule has 0 unspecified atom stereocenters. The Kier molecular flexibility index (Phi) is 11.2. The molecule has 0 aromatic heterocycles. The van der Waals surface area contributed by atoms with Gasteiger partial charge in [-0.15, -0.1) is 10.2 Å². The van der Waals surface area contributed by atoms with Crippen LogP contribution >= 0.6 is 0 Å². The third kappa shape index (κ3) is 221.